The second-order valence-electron chi connectivity index (χ2n) is 5.63. The van der Waals surface area contributed by atoms with Gasteiger partial charge in [-0.15, -0.1) is 0 Å². The van der Waals surface area contributed by atoms with Crippen molar-refractivity contribution in [1.29, 1.82) is 0 Å². The lowest BCUT2D eigenvalue weighted by atomic mass is 10.0. The summed E-state index contributed by atoms with van der Waals surface area (Å²) in [6.45, 7) is 1.96. The van der Waals surface area contributed by atoms with Crippen LogP contribution in [-0.2, 0) is 4.79 Å². The van der Waals surface area contributed by atoms with Gasteiger partial charge in [-0.1, -0.05) is 36.6 Å². The number of benzene rings is 1. The first-order chi connectivity index (χ1) is 9.99. The number of carbonyl (C=O) groups is 2. The summed E-state index contributed by atoms with van der Waals surface area (Å²) in [5, 5.41) is 0.537. The van der Waals surface area contributed by atoms with Gasteiger partial charge in [-0.05, 0) is 31.9 Å². The van der Waals surface area contributed by atoms with E-state index in [9.17, 15) is 9.59 Å². The summed E-state index contributed by atoms with van der Waals surface area (Å²) in [5.41, 5.74) is 5.92. The van der Waals surface area contributed by atoms with Gasteiger partial charge in [0.2, 0.25) is 5.91 Å². The SMILES string of the molecule is CC(C(=O)c1cccc(Cl)c1)N(CC(N)=O)C1CCCC1. The number of carbonyl (C=O) groups excluding carboxylic acids is 2. The maximum atomic E-state index is 12.6. The van der Waals surface area contributed by atoms with E-state index < -0.39 is 5.91 Å². The molecule has 0 saturated heterocycles. The molecule has 0 aliphatic heterocycles. The smallest absolute Gasteiger partial charge is 0.231 e. The lowest BCUT2D eigenvalue weighted by Crippen LogP contribution is -2.48. The topological polar surface area (TPSA) is 63.4 Å². The Balaban J connectivity index is 2.18. The Labute approximate surface area is 130 Å². The van der Waals surface area contributed by atoms with Gasteiger partial charge < -0.3 is 5.73 Å². The van der Waals surface area contributed by atoms with Crippen molar-refractivity contribution in [3.05, 3.63) is 34.9 Å². The van der Waals surface area contributed by atoms with Gasteiger partial charge in [0.05, 0.1) is 12.6 Å². The maximum absolute atomic E-state index is 12.6. The average molecular weight is 309 g/mol. The van der Waals surface area contributed by atoms with E-state index in [2.05, 4.69) is 0 Å². The van der Waals surface area contributed by atoms with Crippen LogP contribution in [0.2, 0.25) is 5.02 Å². The molecule has 21 heavy (non-hydrogen) atoms. The van der Waals surface area contributed by atoms with Crippen molar-refractivity contribution in [2.75, 3.05) is 6.54 Å². The van der Waals surface area contributed by atoms with Crippen LogP contribution in [0.3, 0.4) is 0 Å². The minimum absolute atomic E-state index is 0.0225. The van der Waals surface area contributed by atoms with Crippen LogP contribution in [0.15, 0.2) is 24.3 Å². The molecule has 0 aromatic heterocycles. The zero-order valence-electron chi connectivity index (χ0n) is 12.2. The monoisotopic (exact) mass is 308 g/mol. The van der Waals surface area contributed by atoms with Gasteiger partial charge in [0, 0.05) is 16.6 Å². The molecule has 1 aromatic carbocycles. The standard InChI is InChI=1S/C16H21ClN2O2/c1-11(16(21)12-5-4-6-13(17)9-12)19(10-15(18)20)14-7-2-3-8-14/h4-6,9,11,14H,2-3,7-8,10H2,1H3,(H2,18,20). The molecule has 0 bridgehead atoms. The molecule has 0 radical (unpaired) electrons. The molecule has 1 amide bonds. The molecule has 2 rings (SSSR count). The molecule has 1 aliphatic carbocycles. The number of hydrogen-bond acceptors (Lipinski definition) is 3. The number of nitrogens with two attached hydrogens (primary N) is 1. The first kappa shape index (κ1) is 16.0. The molecular weight excluding hydrogens is 288 g/mol. The van der Waals surface area contributed by atoms with Gasteiger partial charge in [0.25, 0.3) is 0 Å². The van der Waals surface area contributed by atoms with Crippen molar-refractivity contribution in [1.82, 2.24) is 4.90 Å². The molecule has 4 nitrogen and oxygen atoms in total. The van der Waals surface area contributed by atoms with Crippen molar-refractivity contribution in [2.45, 2.75) is 44.7 Å². The number of Topliss-reactive ketones (excluding diaryl/α,β-unsaturated/α-hetero) is 1. The van der Waals surface area contributed by atoms with Crippen LogP contribution in [0.4, 0.5) is 0 Å². The molecule has 1 saturated carbocycles. The second kappa shape index (κ2) is 7.05. The van der Waals surface area contributed by atoms with Gasteiger partial charge in [0.1, 0.15) is 0 Å². The highest BCUT2D eigenvalue weighted by Gasteiger charge is 2.31. The normalized spacial score (nSPS) is 17.1. The van der Waals surface area contributed by atoms with Gasteiger partial charge in [0.15, 0.2) is 5.78 Å². The van der Waals surface area contributed by atoms with Crippen molar-refractivity contribution < 1.29 is 9.59 Å². The fourth-order valence-electron chi connectivity index (χ4n) is 3.03. The number of hydrogen-bond donors (Lipinski definition) is 1. The molecule has 114 valence electrons. The van der Waals surface area contributed by atoms with Gasteiger partial charge >= 0.3 is 0 Å². The van der Waals surface area contributed by atoms with E-state index in [1.165, 1.54) is 0 Å². The van der Waals surface area contributed by atoms with E-state index in [0.29, 0.717) is 10.6 Å². The molecule has 1 atom stereocenters. The Morgan fingerprint density at radius 3 is 2.62 bits per heavy atom. The first-order valence-corrected chi connectivity index (χ1v) is 7.70. The summed E-state index contributed by atoms with van der Waals surface area (Å²) in [5.74, 6) is -0.418. The van der Waals surface area contributed by atoms with Crippen molar-refractivity contribution in [2.24, 2.45) is 5.73 Å². The van der Waals surface area contributed by atoms with Crippen LogP contribution >= 0.6 is 11.6 Å². The lowest BCUT2D eigenvalue weighted by molar-refractivity contribution is -0.120. The highest BCUT2D eigenvalue weighted by atomic mass is 35.5. The van der Waals surface area contributed by atoms with Crippen molar-refractivity contribution >= 4 is 23.3 Å². The summed E-state index contributed by atoms with van der Waals surface area (Å²) in [4.78, 5) is 25.9. The van der Waals surface area contributed by atoms with E-state index in [4.69, 9.17) is 17.3 Å². The molecule has 1 aliphatic rings. The van der Waals surface area contributed by atoms with Gasteiger partial charge in [-0.2, -0.15) is 0 Å². The maximum Gasteiger partial charge on any atom is 0.231 e. The zero-order chi connectivity index (χ0) is 15.4. The van der Waals surface area contributed by atoms with Crippen molar-refractivity contribution in [3.63, 3.8) is 0 Å². The zero-order valence-corrected chi connectivity index (χ0v) is 13.0. The van der Waals surface area contributed by atoms with Gasteiger partial charge in [-0.3, -0.25) is 14.5 Å². The predicted octanol–water partition coefficient (Wildman–Crippen LogP) is 2.64. The number of halogens is 1. The fourth-order valence-corrected chi connectivity index (χ4v) is 3.22. The van der Waals surface area contributed by atoms with Crippen LogP contribution in [0.1, 0.15) is 43.0 Å². The molecule has 1 unspecified atom stereocenters. The number of nitrogens with zero attached hydrogens (tertiary/aromatic N) is 1. The van der Waals surface area contributed by atoms with E-state index >= 15 is 0 Å². The Bertz CT molecular complexity index is 527. The van der Waals surface area contributed by atoms with E-state index in [-0.39, 0.29) is 24.4 Å². The first-order valence-electron chi connectivity index (χ1n) is 7.33. The summed E-state index contributed by atoms with van der Waals surface area (Å²) in [6.07, 6.45) is 4.30. The van der Waals surface area contributed by atoms with E-state index in [0.717, 1.165) is 25.7 Å². The molecule has 0 heterocycles. The van der Waals surface area contributed by atoms with E-state index in [1.807, 2.05) is 11.8 Å². The predicted molar refractivity (Wildman–Crippen MR) is 83.4 cm³/mol. The van der Waals surface area contributed by atoms with Crippen LogP contribution in [0, 0.1) is 0 Å². The fraction of sp³-hybridized carbons (Fsp3) is 0.500. The lowest BCUT2D eigenvalue weighted by Gasteiger charge is -2.32. The third kappa shape index (κ3) is 4.05. The summed E-state index contributed by atoms with van der Waals surface area (Å²) >= 11 is 5.94. The van der Waals surface area contributed by atoms with Crippen LogP contribution in [-0.4, -0.2) is 35.2 Å². The Morgan fingerprint density at radius 1 is 1.38 bits per heavy atom. The van der Waals surface area contributed by atoms with Crippen LogP contribution in [0.5, 0.6) is 0 Å². The second-order valence-corrected chi connectivity index (χ2v) is 6.06. The number of amides is 1. The highest BCUT2D eigenvalue weighted by Crippen LogP contribution is 2.26. The minimum atomic E-state index is -0.396. The number of primary amides is 1. The summed E-state index contributed by atoms with van der Waals surface area (Å²) in [7, 11) is 0. The molecule has 1 fully saturated rings. The molecule has 2 N–H and O–H groups in total. The highest BCUT2D eigenvalue weighted by molar-refractivity contribution is 6.31. The quantitative estimate of drug-likeness (QED) is 0.822. The third-order valence-electron chi connectivity index (χ3n) is 4.12. The number of ketones is 1. The molecule has 5 heteroatoms. The van der Waals surface area contributed by atoms with Crippen molar-refractivity contribution in [3.8, 4) is 0 Å². The number of rotatable bonds is 6. The van der Waals surface area contributed by atoms with Gasteiger partial charge in [-0.25, -0.2) is 0 Å². The van der Waals surface area contributed by atoms with Crippen LogP contribution < -0.4 is 5.73 Å². The Morgan fingerprint density at radius 2 is 2.05 bits per heavy atom. The average Bonchev–Trinajstić information content (AvgIpc) is 2.97. The van der Waals surface area contributed by atoms with E-state index in [1.54, 1.807) is 24.3 Å². The molecule has 1 aromatic rings. The summed E-state index contributed by atoms with van der Waals surface area (Å²) < 4.78 is 0. The third-order valence-corrected chi connectivity index (χ3v) is 4.35. The Hall–Kier alpha value is -1.39. The van der Waals surface area contributed by atoms with Crippen LogP contribution in [0.25, 0.3) is 0 Å². The Kier molecular flexibility index (Phi) is 5.37. The largest absolute Gasteiger partial charge is 0.369 e. The summed E-state index contributed by atoms with van der Waals surface area (Å²) in [6, 6.07) is 6.80. The minimum Gasteiger partial charge on any atom is -0.369 e. The molecular formula is C16H21ClN2O2. The molecule has 0 spiro atoms.